The molecule has 1 aromatic rings. The van der Waals surface area contributed by atoms with Crippen molar-refractivity contribution in [2.24, 2.45) is 5.92 Å². The average molecular weight is 334 g/mol. The summed E-state index contributed by atoms with van der Waals surface area (Å²) in [5, 5.41) is 13.3. The molecule has 3 rings (SSSR count). The minimum atomic E-state index is -0.813. The Morgan fingerprint density at radius 2 is 2.21 bits per heavy atom. The van der Waals surface area contributed by atoms with Crippen molar-refractivity contribution in [3.63, 3.8) is 0 Å². The third-order valence-electron chi connectivity index (χ3n) is 4.84. The molecule has 1 saturated heterocycles. The summed E-state index contributed by atoms with van der Waals surface area (Å²) >= 11 is 0. The van der Waals surface area contributed by atoms with E-state index in [2.05, 4.69) is 20.2 Å². The molecule has 0 bridgehead atoms. The number of nitrogens with one attached hydrogen (secondary N) is 1. The predicted molar refractivity (Wildman–Crippen MR) is 89.6 cm³/mol. The lowest BCUT2D eigenvalue weighted by Gasteiger charge is -2.43. The van der Waals surface area contributed by atoms with Gasteiger partial charge in [0.25, 0.3) is 0 Å². The number of ether oxygens (including phenoxy) is 1. The Hall–Kier alpha value is -1.73. The number of hydrogen-bond donors (Lipinski definition) is 2. The van der Waals surface area contributed by atoms with E-state index in [1.54, 1.807) is 18.5 Å². The molecule has 1 aliphatic heterocycles. The second-order valence-electron chi connectivity index (χ2n) is 6.76. The Morgan fingerprint density at radius 1 is 1.46 bits per heavy atom. The standard InChI is InChI=1S/C17H26N4O3/c1-2-24-14-9-17(23,10-14)12-20-15(22)13-5-3-8-21(11-13)16-18-6-4-7-19-16/h4,6-7,13-14,23H,2-3,5,8-12H2,1H3,(H,20,22). The summed E-state index contributed by atoms with van der Waals surface area (Å²) in [6.07, 6.45) is 6.53. The number of hydrogen-bond acceptors (Lipinski definition) is 6. The molecule has 1 unspecified atom stereocenters. The molecule has 7 heteroatoms. The Morgan fingerprint density at radius 3 is 2.92 bits per heavy atom. The fourth-order valence-corrected chi connectivity index (χ4v) is 3.51. The monoisotopic (exact) mass is 334 g/mol. The Labute approximate surface area is 142 Å². The van der Waals surface area contributed by atoms with Gasteiger partial charge in [-0.15, -0.1) is 0 Å². The van der Waals surface area contributed by atoms with E-state index in [9.17, 15) is 9.90 Å². The van der Waals surface area contributed by atoms with E-state index >= 15 is 0 Å². The second-order valence-corrected chi connectivity index (χ2v) is 6.76. The van der Waals surface area contributed by atoms with Crippen LogP contribution in [0.15, 0.2) is 18.5 Å². The molecule has 0 radical (unpaired) electrons. The largest absolute Gasteiger partial charge is 0.388 e. The summed E-state index contributed by atoms with van der Waals surface area (Å²) in [6, 6.07) is 1.78. The number of nitrogens with zero attached hydrogens (tertiary/aromatic N) is 3. The third kappa shape index (κ3) is 4.02. The van der Waals surface area contributed by atoms with Crippen LogP contribution in [0, 0.1) is 5.92 Å². The summed E-state index contributed by atoms with van der Waals surface area (Å²) in [5.41, 5.74) is -0.813. The van der Waals surface area contributed by atoms with Gasteiger partial charge in [-0.2, -0.15) is 0 Å². The van der Waals surface area contributed by atoms with Crippen molar-refractivity contribution in [1.82, 2.24) is 15.3 Å². The van der Waals surface area contributed by atoms with E-state index in [1.807, 2.05) is 6.92 Å². The van der Waals surface area contributed by atoms with Gasteiger partial charge in [-0.05, 0) is 25.8 Å². The van der Waals surface area contributed by atoms with Gasteiger partial charge in [-0.3, -0.25) is 4.79 Å². The van der Waals surface area contributed by atoms with Crippen molar-refractivity contribution in [2.75, 3.05) is 31.1 Å². The smallest absolute Gasteiger partial charge is 0.225 e. The first-order valence-corrected chi connectivity index (χ1v) is 8.73. The van der Waals surface area contributed by atoms with Crippen molar-refractivity contribution >= 4 is 11.9 Å². The Balaban J connectivity index is 1.47. The zero-order valence-electron chi connectivity index (χ0n) is 14.1. The van der Waals surface area contributed by atoms with Crippen LogP contribution in [0.2, 0.25) is 0 Å². The maximum absolute atomic E-state index is 12.4. The molecule has 0 aromatic carbocycles. The minimum Gasteiger partial charge on any atom is -0.388 e. The molecule has 1 amide bonds. The second kappa shape index (κ2) is 7.44. The SMILES string of the molecule is CCOC1CC(O)(CNC(=O)C2CCCN(c3ncccn3)C2)C1. The van der Waals surface area contributed by atoms with Crippen LogP contribution in [0.1, 0.15) is 32.6 Å². The van der Waals surface area contributed by atoms with Gasteiger partial charge in [0.1, 0.15) is 0 Å². The molecule has 24 heavy (non-hydrogen) atoms. The van der Waals surface area contributed by atoms with Crippen molar-refractivity contribution < 1.29 is 14.6 Å². The Bertz CT molecular complexity index is 548. The van der Waals surface area contributed by atoms with Crippen molar-refractivity contribution in [3.8, 4) is 0 Å². The highest BCUT2D eigenvalue weighted by atomic mass is 16.5. The van der Waals surface area contributed by atoms with Crippen molar-refractivity contribution in [2.45, 2.75) is 44.3 Å². The first-order valence-electron chi connectivity index (χ1n) is 8.73. The van der Waals surface area contributed by atoms with Gasteiger partial charge in [-0.25, -0.2) is 9.97 Å². The molecule has 2 aliphatic rings. The topological polar surface area (TPSA) is 87.6 Å². The lowest BCUT2D eigenvalue weighted by atomic mass is 9.77. The van der Waals surface area contributed by atoms with E-state index in [0.29, 0.717) is 38.5 Å². The van der Waals surface area contributed by atoms with Crippen LogP contribution in [0.3, 0.4) is 0 Å². The van der Waals surface area contributed by atoms with Crippen LogP contribution in [-0.4, -0.2) is 58.9 Å². The normalized spacial score (nSPS) is 29.8. The highest BCUT2D eigenvalue weighted by Gasteiger charge is 2.43. The summed E-state index contributed by atoms with van der Waals surface area (Å²) in [4.78, 5) is 23.0. The maximum atomic E-state index is 12.4. The number of piperidine rings is 1. The van der Waals surface area contributed by atoms with Crippen LogP contribution in [0.25, 0.3) is 0 Å². The third-order valence-corrected chi connectivity index (χ3v) is 4.84. The number of aliphatic hydroxyl groups is 1. The fraction of sp³-hybridized carbons (Fsp3) is 0.706. The Kier molecular flexibility index (Phi) is 5.30. The van der Waals surface area contributed by atoms with E-state index in [1.165, 1.54) is 0 Å². The molecule has 1 aliphatic carbocycles. The molecule has 1 atom stereocenters. The van der Waals surface area contributed by atoms with Gasteiger partial charge >= 0.3 is 0 Å². The summed E-state index contributed by atoms with van der Waals surface area (Å²) in [7, 11) is 0. The zero-order valence-corrected chi connectivity index (χ0v) is 14.1. The summed E-state index contributed by atoms with van der Waals surface area (Å²) < 4.78 is 5.47. The summed E-state index contributed by atoms with van der Waals surface area (Å²) in [5.74, 6) is 0.588. The molecule has 2 N–H and O–H groups in total. The minimum absolute atomic E-state index is 0.00363. The maximum Gasteiger partial charge on any atom is 0.225 e. The lowest BCUT2D eigenvalue weighted by Crippen LogP contribution is -2.56. The molecule has 0 spiro atoms. The van der Waals surface area contributed by atoms with Gasteiger partial charge in [-0.1, -0.05) is 0 Å². The van der Waals surface area contributed by atoms with Crippen LogP contribution in [0.4, 0.5) is 5.95 Å². The highest BCUT2D eigenvalue weighted by Crippen LogP contribution is 2.34. The van der Waals surface area contributed by atoms with Crippen LogP contribution < -0.4 is 10.2 Å². The molecule has 1 saturated carbocycles. The van der Waals surface area contributed by atoms with Gasteiger partial charge in [0, 0.05) is 51.5 Å². The van der Waals surface area contributed by atoms with E-state index < -0.39 is 5.60 Å². The van der Waals surface area contributed by atoms with Crippen LogP contribution >= 0.6 is 0 Å². The number of rotatable bonds is 6. The molecule has 2 heterocycles. The van der Waals surface area contributed by atoms with Gasteiger partial charge in [0.2, 0.25) is 11.9 Å². The van der Waals surface area contributed by atoms with E-state index in [0.717, 1.165) is 19.4 Å². The molecule has 2 fully saturated rings. The number of carbonyl (C=O) groups is 1. The van der Waals surface area contributed by atoms with Crippen LogP contribution in [-0.2, 0) is 9.53 Å². The van der Waals surface area contributed by atoms with E-state index in [-0.39, 0.29) is 17.9 Å². The first-order chi connectivity index (χ1) is 11.6. The molecular weight excluding hydrogens is 308 g/mol. The fourth-order valence-electron chi connectivity index (χ4n) is 3.51. The van der Waals surface area contributed by atoms with Gasteiger partial charge in [0.05, 0.1) is 17.6 Å². The molecule has 132 valence electrons. The summed E-state index contributed by atoms with van der Waals surface area (Å²) in [6.45, 7) is 4.40. The highest BCUT2D eigenvalue weighted by molar-refractivity contribution is 5.79. The number of aromatic nitrogens is 2. The molecular formula is C17H26N4O3. The number of anilines is 1. The number of carbonyl (C=O) groups excluding carboxylic acids is 1. The quantitative estimate of drug-likeness (QED) is 0.798. The number of amides is 1. The van der Waals surface area contributed by atoms with Crippen molar-refractivity contribution in [1.29, 1.82) is 0 Å². The lowest BCUT2D eigenvalue weighted by molar-refractivity contribution is -0.143. The average Bonchev–Trinajstić information content (AvgIpc) is 2.59. The van der Waals surface area contributed by atoms with Gasteiger partial charge in [0.15, 0.2) is 0 Å². The first kappa shape index (κ1) is 17.1. The molecule has 1 aromatic heterocycles. The molecule has 7 nitrogen and oxygen atoms in total. The predicted octanol–water partition coefficient (Wildman–Crippen LogP) is 0.739. The van der Waals surface area contributed by atoms with E-state index in [4.69, 9.17) is 4.74 Å². The van der Waals surface area contributed by atoms with Gasteiger partial charge < -0.3 is 20.1 Å². The van der Waals surface area contributed by atoms with Crippen LogP contribution in [0.5, 0.6) is 0 Å². The van der Waals surface area contributed by atoms with Crippen molar-refractivity contribution in [3.05, 3.63) is 18.5 Å². The zero-order chi connectivity index (χ0) is 17.0.